The first-order valence-corrected chi connectivity index (χ1v) is 8.87. The molecule has 2 aromatic carbocycles. The van der Waals surface area contributed by atoms with Crippen LogP contribution in [-0.4, -0.2) is 23.5 Å². The van der Waals surface area contributed by atoms with Crippen molar-refractivity contribution in [3.8, 4) is 5.75 Å². The second-order valence-corrected chi connectivity index (χ2v) is 6.71. The molecule has 0 radical (unpaired) electrons. The van der Waals surface area contributed by atoms with Crippen molar-refractivity contribution in [1.29, 1.82) is 0 Å². The number of benzene rings is 2. The van der Waals surface area contributed by atoms with Crippen LogP contribution in [0.3, 0.4) is 0 Å². The van der Waals surface area contributed by atoms with Gasteiger partial charge in [0.2, 0.25) is 0 Å². The number of hydrogen-bond acceptors (Lipinski definition) is 4. The summed E-state index contributed by atoms with van der Waals surface area (Å²) >= 11 is 0. The van der Waals surface area contributed by atoms with Crippen LogP contribution >= 0.6 is 0 Å². The van der Waals surface area contributed by atoms with E-state index in [9.17, 15) is 9.00 Å². The molecule has 1 heterocycles. The maximum atomic E-state index is 12.7. The first-order valence-electron chi connectivity index (χ1n) is 7.31. The number of amides is 1. The Labute approximate surface area is 142 Å². The Morgan fingerprint density at radius 1 is 1.21 bits per heavy atom. The lowest BCUT2D eigenvalue weighted by Crippen LogP contribution is -2.12. The van der Waals surface area contributed by atoms with Crippen LogP contribution in [0.1, 0.15) is 16.1 Å². The topological polar surface area (TPSA) is 68.5 Å². The smallest absolute Gasteiger partial charge is 0.259 e. The molecule has 1 N–H and O–H groups in total. The average molecular weight is 343 g/mol. The molecular formula is C18H17NO4S. The quantitative estimate of drug-likeness (QED) is 0.783. The lowest BCUT2D eigenvalue weighted by Gasteiger charge is -2.06. The molecule has 0 aliphatic rings. The van der Waals surface area contributed by atoms with Gasteiger partial charge in [-0.05, 0) is 43.3 Å². The number of carbonyl (C=O) groups excluding carboxylic acids is 1. The van der Waals surface area contributed by atoms with Crippen molar-refractivity contribution in [2.45, 2.75) is 11.8 Å². The Bertz CT molecular complexity index is 945. The predicted molar refractivity (Wildman–Crippen MR) is 94.2 cm³/mol. The van der Waals surface area contributed by atoms with Crippen molar-refractivity contribution >= 4 is 33.4 Å². The molecule has 0 saturated carbocycles. The summed E-state index contributed by atoms with van der Waals surface area (Å²) in [5.41, 5.74) is 1.68. The normalized spacial score (nSPS) is 12.1. The fourth-order valence-electron chi connectivity index (χ4n) is 2.55. The van der Waals surface area contributed by atoms with Crippen molar-refractivity contribution < 1.29 is 18.2 Å². The van der Waals surface area contributed by atoms with Gasteiger partial charge in [0.1, 0.15) is 17.1 Å². The Morgan fingerprint density at radius 2 is 2.00 bits per heavy atom. The molecule has 1 amide bonds. The molecule has 1 unspecified atom stereocenters. The molecule has 1 aromatic heterocycles. The van der Waals surface area contributed by atoms with Crippen molar-refractivity contribution in [2.75, 3.05) is 18.7 Å². The molecule has 6 heteroatoms. The van der Waals surface area contributed by atoms with Crippen molar-refractivity contribution in [3.63, 3.8) is 0 Å². The maximum absolute atomic E-state index is 12.7. The molecule has 124 valence electrons. The molecule has 0 saturated heterocycles. The van der Waals surface area contributed by atoms with E-state index in [0.29, 0.717) is 38.6 Å². The van der Waals surface area contributed by atoms with E-state index in [-0.39, 0.29) is 5.91 Å². The van der Waals surface area contributed by atoms with Gasteiger partial charge in [0.05, 0.1) is 12.7 Å². The Balaban J connectivity index is 1.98. The Kier molecular flexibility index (Phi) is 4.40. The van der Waals surface area contributed by atoms with E-state index >= 15 is 0 Å². The summed E-state index contributed by atoms with van der Waals surface area (Å²) in [7, 11) is 0.465. The summed E-state index contributed by atoms with van der Waals surface area (Å²) in [4.78, 5) is 13.4. The molecular weight excluding hydrogens is 326 g/mol. The van der Waals surface area contributed by atoms with E-state index in [0.717, 1.165) is 0 Å². The first-order chi connectivity index (χ1) is 11.5. The molecule has 0 spiro atoms. The van der Waals surface area contributed by atoms with Gasteiger partial charge in [0.25, 0.3) is 5.91 Å². The summed E-state index contributed by atoms with van der Waals surface area (Å²) in [6.45, 7) is 1.75. The van der Waals surface area contributed by atoms with Gasteiger partial charge < -0.3 is 14.5 Å². The Morgan fingerprint density at radius 3 is 2.71 bits per heavy atom. The number of furan rings is 1. The number of carbonyl (C=O) groups is 1. The summed E-state index contributed by atoms with van der Waals surface area (Å²) in [6.07, 6.45) is 1.60. The largest absolute Gasteiger partial charge is 0.497 e. The third-order valence-corrected chi connectivity index (χ3v) is 4.64. The van der Waals surface area contributed by atoms with Gasteiger partial charge in [0.15, 0.2) is 0 Å². The van der Waals surface area contributed by atoms with Gasteiger partial charge in [-0.15, -0.1) is 0 Å². The molecule has 0 aliphatic carbocycles. The fourth-order valence-corrected chi connectivity index (χ4v) is 3.12. The van der Waals surface area contributed by atoms with Crippen molar-refractivity contribution in [1.82, 2.24) is 0 Å². The number of fused-ring (bicyclic) bond motifs is 1. The van der Waals surface area contributed by atoms with E-state index in [1.54, 1.807) is 62.8 Å². The van der Waals surface area contributed by atoms with Gasteiger partial charge in [-0.25, -0.2) is 0 Å². The number of hydrogen-bond donors (Lipinski definition) is 1. The molecule has 3 aromatic rings. The Hall–Kier alpha value is -2.60. The lowest BCUT2D eigenvalue weighted by atomic mass is 10.1. The zero-order chi connectivity index (χ0) is 17.3. The fraction of sp³-hybridized carbons (Fsp3) is 0.167. The van der Waals surface area contributed by atoms with Crippen LogP contribution in [-0.2, 0) is 10.8 Å². The molecule has 3 rings (SSSR count). The van der Waals surface area contributed by atoms with Gasteiger partial charge in [0, 0.05) is 33.0 Å². The summed E-state index contributed by atoms with van der Waals surface area (Å²) in [6, 6.07) is 12.3. The van der Waals surface area contributed by atoms with Crippen LogP contribution in [0.25, 0.3) is 11.0 Å². The standard InChI is InChI=1S/C18H17NO4S/c1-11-17(15-10-13(22-2)7-8-16(15)23-11)18(20)19-12-5-4-6-14(9-12)24(3)21/h4-10H,1-3H3,(H,19,20). The minimum atomic E-state index is -1.11. The first kappa shape index (κ1) is 16.3. The van der Waals surface area contributed by atoms with Gasteiger partial charge in [-0.3, -0.25) is 9.00 Å². The monoisotopic (exact) mass is 343 g/mol. The summed E-state index contributed by atoms with van der Waals surface area (Å²) < 4.78 is 22.5. The zero-order valence-corrected chi connectivity index (χ0v) is 14.4. The van der Waals surface area contributed by atoms with E-state index < -0.39 is 10.8 Å². The van der Waals surface area contributed by atoms with E-state index in [2.05, 4.69) is 5.32 Å². The van der Waals surface area contributed by atoms with Crippen molar-refractivity contribution in [3.05, 3.63) is 53.8 Å². The highest BCUT2D eigenvalue weighted by molar-refractivity contribution is 7.84. The third kappa shape index (κ3) is 3.05. The number of nitrogens with one attached hydrogen (secondary N) is 1. The molecule has 1 atom stereocenters. The third-order valence-electron chi connectivity index (χ3n) is 3.72. The molecule has 0 fully saturated rings. The summed E-state index contributed by atoms with van der Waals surface area (Å²) in [5, 5.41) is 3.53. The lowest BCUT2D eigenvalue weighted by molar-refractivity contribution is 0.102. The predicted octanol–water partition coefficient (Wildman–Crippen LogP) is 3.74. The maximum Gasteiger partial charge on any atom is 0.259 e. The number of methoxy groups -OCH3 is 1. The van der Waals surface area contributed by atoms with Crippen LogP contribution in [0, 0.1) is 6.92 Å². The average Bonchev–Trinajstić information content (AvgIpc) is 2.89. The van der Waals surface area contributed by atoms with Gasteiger partial charge >= 0.3 is 0 Å². The SMILES string of the molecule is COc1ccc2oc(C)c(C(=O)Nc3cccc(S(C)=O)c3)c2c1. The minimum absolute atomic E-state index is 0.279. The second kappa shape index (κ2) is 6.49. The number of rotatable bonds is 4. The molecule has 0 bridgehead atoms. The van der Waals surface area contributed by atoms with Crippen LogP contribution in [0.4, 0.5) is 5.69 Å². The van der Waals surface area contributed by atoms with Crippen molar-refractivity contribution in [2.24, 2.45) is 0 Å². The van der Waals surface area contributed by atoms with Crippen LogP contribution in [0.15, 0.2) is 51.8 Å². The number of anilines is 1. The number of ether oxygens (including phenoxy) is 1. The zero-order valence-electron chi connectivity index (χ0n) is 13.6. The van der Waals surface area contributed by atoms with E-state index in [4.69, 9.17) is 9.15 Å². The molecule has 5 nitrogen and oxygen atoms in total. The van der Waals surface area contributed by atoms with Gasteiger partial charge in [-0.2, -0.15) is 0 Å². The van der Waals surface area contributed by atoms with E-state index in [1.165, 1.54) is 0 Å². The van der Waals surface area contributed by atoms with Gasteiger partial charge in [-0.1, -0.05) is 6.07 Å². The van der Waals surface area contributed by atoms with Crippen LogP contribution < -0.4 is 10.1 Å². The van der Waals surface area contributed by atoms with Crippen LogP contribution in [0.5, 0.6) is 5.75 Å². The molecule has 0 aliphatic heterocycles. The molecule has 24 heavy (non-hydrogen) atoms. The van der Waals surface area contributed by atoms with Crippen LogP contribution in [0.2, 0.25) is 0 Å². The number of aryl methyl sites for hydroxylation is 1. The summed E-state index contributed by atoms with van der Waals surface area (Å²) in [5.74, 6) is 0.908. The highest BCUT2D eigenvalue weighted by atomic mass is 32.2. The van der Waals surface area contributed by atoms with E-state index in [1.807, 2.05) is 0 Å². The second-order valence-electron chi connectivity index (χ2n) is 5.33. The minimum Gasteiger partial charge on any atom is -0.497 e. The highest BCUT2D eigenvalue weighted by Gasteiger charge is 2.19. The highest BCUT2D eigenvalue weighted by Crippen LogP contribution is 2.29.